The van der Waals surface area contributed by atoms with Crippen molar-refractivity contribution >= 4 is 22.9 Å². The van der Waals surface area contributed by atoms with Crippen molar-refractivity contribution in [3.8, 4) is 16.3 Å². The lowest BCUT2D eigenvalue weighted by atomic mass is 10.1. The number of hydrogen-bond acceptors (Lipinski definition) is 4. The van der Waals surface area contributed by atoms with E-state index < -0.39 is 0 Å². The summed E-state index contributed by atoms with van der Waals surface area (Å²) >= 11 is 1.56. The zero-order valence-electron chi connectivity index (χ0n) is 16.6. The number of thiophene rings is 1. The molecule has 0 radical (unpaired) electrons. The molecular weight excluding hydrogens is 406 g/mol. The summed E-state index contributed by atoms with van der Waals surface area (Å²) in [7, 11) is 0. The Bertz CT molecular complexity index is 1270. The van der Waals surface area contributed by atoms with Crippen LogP contribution in [0.1, 0.15) is 15.9 Å². The first-order valence-corrected chi connectivity index (χ1v) is 10.7. The fourth-order valence-corrected chi connectivity index (χ4v) is 4.04. The van der Waals surface area contributed by atoms with Gasteiger partial charge in [0.05, 0.1) is 22.7 Å². The Balaban J connectivity index is 1.40. The van der Waals surface area contributed by atoms with E-state index >= 15 is 0 Å². The summed E-state index contributed by atoms with van der Waals surface area (Å²) in [5.74, 6) is -0.189. The Kier molecular flexibility index (Phi) is 5.16. The largest absolute Gasteiger partial charge is 0.322 e. The van der Waals surface area contributed by atoms with Crippen LogP contribution in [0, 0.1) is 0 Å². The van der Waals surface area contributed by atoms with Crippen LogP contribution >= 0.6 is 11.3 Å². The van der Waals surface area contributed by atoms with Gasteiger partial charge in [-0.05, 0) is 47.3 Å². The third-order valence-electron chi connectivity index (χ3n) is 4.85. The molecule has 5 rings (SSSR count). The Hall–Kier alpha value is -3.97. The molecular formula is C24H19N5OS. The van der Waals surface area contributed by atoms with Crippen molar-refractivity contribution in [2.45, 2.75) is 6.54 Å². The number of carbonyl (C=O) groups excluding carboxylic acids is 1. The van der Waals surface area contributed by atoms with Crippen molar-refractivity contribution in [3.05, 3.63) is 108 Å². The molecule has 0 fully saturated rings. The van der Waals surface area contributed by atoms with E-state index in [4.69, 9.17) is 5.10 Å². The van der Waals surface area contributed by atoms with Crippen molar-refractivity contribution < 1.29 is 4.79 Å². The molecule has 3 aromatic heterocycles. The molecule has 2 aromatic carbocycles. The number of hydrogen-bond donors (Lipinski definition) is 1. The van der Waals surface area contributed by atoms with Crippen LogP contribution in [0.2, 0.25) is 0 Å². The van der Waals surface area contributed by atoms with Crippen molar-refractivity contribution in [1.29, 1.82) is 0 Å². The van der Waals surface area contributed by atoms with Gasteiger partial charge in [-0.2, -0.15) is 10.2 Å². The summed E-state index contributed by atoms with van der Waals surface area (Å²) in [4.78, 5) is 14.1. The predicted molar refractivity (Wildman–Crippen MR) is 123 cm³/mol. The van der Waals surface area contributed by atoms with Gasteiger partial charge in [-0.3, -0.25) is 9.48 Å². The zero-order valence-corrected chi connectivity index (χ0v) is 17.4. The van der Waals surface area contributed by atoms with Crippen LogP contribution in [0.3, 0.4) is 0 Å². The highest BCUT2D eigenvalue weighted by Gasteiger charge is 2.19. The second-order valence-electron chi connectivity index (χ2n) is 7.00. The van der Waals surface area contributed by atoms with Gasteiger partial charge in [0.15, 0.2) is 0 Å². The second kappa shape index (κ2) is 8.41. The van der Waals surface area contributed by atoms with E-state index in [1.165, 1.54) is 0 Å². The minimum absolute atomic E-state index is 0.189. The van der Waals surface area contributed by atoms with Crippen molar-refractivity contribution in [2.75, 3.05) is 5.32 Å². The SMILES string of the molecule is O=C(Nc1ccc(Cn2cccn2)cc1)c1cn(-c2ccccc2)nc1-c1cccs1. The predicted octanol–water partition coefficient (Wildman–Crippen LogP) is 5.10. The molecule has 0 spiro atoms. The fourth-order valence-electron chi connectivity index (χ4n) is 3.32. The van der Waals surface area contributed by atoms with Crippen molar-refractivity contribution in [1.82, 2.24) is 19.6 Å². The molecule has 5 aromatic rings. The molecule has 0 aliphatic carbocycles. The molecule has 31 heavy (non-hydrogen) atoms. The standard InChI is InChI=1S/C24H19N5OS/c30-24(26-19-11-9-18(10-12-19)16-28-14-5-13-25-28)21-17-29(20-6-2-1-3-7-20)27-23(21)22-8-4-15-31-22/h1-15,17H,16H2,(H,26,30). The van der Waals surface area contributed by atoms with Crippen molar-refractivity contribution in [2.24, 2.45) is 0 Å². The average molecular weight is 426 g/mol. The van der Waals surface area contributed by atoms with Crippen LogP contribution in [0.15, 0.2) is 96.8 Å². The molecule has 0 bridgehead atoms. The molecule has 1 amide bonds. The highest BCUT2D eigenvalue weighted by atomic mass is 32.1. The highest BCUT2D eigenvalue weighted by Crippen LogP contribution is 2.28. The lowest BCUT2D eigenvalue weighted by Crippen LogP contribution is -2.12. The maximum atomic E-state index is 13.1. The molecule has 0 saturated carbocycles. The number of rotatable bonds is 6. The zero-order chi connectivity index (χ0) is 21.0. The molecule has 6 nitrogen and oxygen atoms in total. The number of amides is 1. The number of benzene rings is 2. The van der Waals surface area contributed by atoms with Gasteiger partial charge in [0.2, 0.25) is 0 Å². The lowest BCUT2D eigenvalue weighted by molar-refractivity contribution is 0.102. The lowest BCUT2D eigenvalue weighted by Gasteiger charge is -2.07. The fraction of sp³-hybridized carbons (Fsp3) is 0.0417. The highest BCUT2D eigenvalue weighted by molar-refractivity contribution is 7.13. The van der Waals surface area contributed by atoms with Gasteiger partial charge in [0, 0.05) is 24.3 Å². The molecule has 0 aliphatic heterocycles. The summed E-state index contributed by atoms with van der Waals surface area (Å²) in [5.41, 5.74) is 3.96. The van der Waals surface area contributed by atoms with Crippen LogP contribution < -0.4 is 5.32 Å². The van der Waals surface area contributed by atoms with E-state index in [0.717, 1.165) is 21.8 Å². The van der Waals surface area contributed by atoms with Gasteiger partial charge >= 0.3 is 0 Å². The van der Waals surface area contributed by atoms with Crippen LogP contribution in [-0.2, 0) is 6.54 Å². The number of aromatic nitrogens is 4. The van der Waals surface area contributed by atoms with Crippen LogP contribution in [-0.4, -0.2) is 25.5 Å². The van der Waals surface area contributed by atoms with E-state index in [9.17, 15) is 4.79 Å². The minimum atomic E-state index is -0.189. The molecule has 7 heteroatoms. The van der Waals surface area contributed by atoms with E-state index in [2.05, 4.69) is 10.4 Å². The van der Waals surface area contributed by atoms with E-state index in [-0.39, 0.29) is 5.91 Å². The molecule has 3 heterocycles. The van der Waals surface area contributed by atoms with Gasteiger partial charge in [-0.15, -0.1) is 11.3 Å². The topological polar surface area (TPSA) is 64.7 Å². The van der Waals surface area contributed by atoms with Gasteiger partial charge in [0.25, 0.3) is 5.91 Å². The third-order valence-corrected chi connectivity index (χ3v) is 5.73. The normalized spacial score (nSPS) is 10.8. The molecule has 152 valence electrons. The number of nitrogens with zero attached hydrogens (tertiary/aromatic N) is 4. The summed E-state index contributed by atoms with van der Waals surface area (Å²) in [6.07, 6.45) is 5.47. The number of nitrogens with one attached hydrogen (secondary N) is 1. The van der Waals surface area contributed by atoms with Gasteiger partial charge in [0.1, 0.15) is 5.69 Å². The van der Waals surface area contributed by atoms with Gasteiger partial charge in [-0.25, -0.2) is 4.68 Å². The maximum Gasteiger partial charge on any atom is 0.259 e. The van der Waals surface area contributed by atoms with Crippen LogP contribution in [0.4, 0.5) is 5.69 Å². The van der Waals surface area contributed by atoms with Crippen LogP contribution in [0.25, 0.3) is 16.3 Å². The van der Waals surface area contributed by atoms with Crippen molar-refractivity contribution in [3.63, 3.8) is 0 Å². The first-order chi connectivity index (χ1) is 15.3. The summed E-state index contributed by atoms with van der Waals surface area (Å²) in [6.45, 7) is 0.688. The quantitative estimate of drug-likeness (QED) is 0.412. The number of anilines is 1. The summed E-state index contributed by atoms with van der Waals surface area (Å²) in [5, 5.41) is 13.9. The molecule has 0 aliphatic rings. The Labute approximate surface area is 183 Å². The average Bonchev–Trinajstić information content (AvgIpc) is 3.57. The molecule has 1 N–H and O–H groups in total. The molecule has 0 atom stereocenters. The minimum Gasteiger partial charge on any atom is -0.322 e. The smallest absolute Gasteiger partial charge is 0.259 e. The number of para-hydroxylation sites is 1. The van der Waals surface area contributed by atoms with Gasteiger partial charge in [-0.1, -0.05) is 36.4 Å². The monoisotopic (exact) mass is 425 g/mol. The maximum absolute atomic E-state index is 13.1. The summed E-state index contributed by atoms with van der Waals surface area (Å²) < 4.78 is 3.61. The second-order valence-corrected chi connectivity index (χ2v) is 7.95. The Morgan fingerprint density at radius 3 is 2.52 bits per heavy atom. The number of carbonyl (C=O) groups is 1. The van der Waals surface area contributed by atoms with E-state index in [1.807, 2.05) is 89.1 Å². The summed E-state index contributed by atoms with van der Waals surface area (Å²) in [6, 6.07) is 23.4. The van der Waals surface area contributed by atoms with Crippen LogP contribution in [0.5, 0.6) is 0 Å². The Morgan fingerprint density at radius 1 is 0.968 bits per heavy atom. The van der Waals surface area contributed by atoms with E-state index in [0.29, 0.717) is 17.8 Å². The van der Waals surface area contributed by atoms with E-state index in [1.54, 1.807) is 28.4 Å². The first-order valence-electron chi connectivity index (χ1n) is 9.83. The third kappa shape index (κ3) is 4.17. The first kappa shape index (κ1) is 19.0. The van der Waals surface area contributed by atoms with Gasteiger partial charge < -0.3 is 5.32 Å². The molecule has 0 unspecified atom stereocenters. The Morgan fingerprint density at radius 2 is 1.81 bits per heavy atom. The molecule has 0 saturated heterocycles.